The van der Waals surface area contributed by atoms with E-state index in [-0.39, 0.29) is 11.7 Å². The van der Waals surface area contributed by atoms with Crippen LogP contribution in [0.5, 0.6) is 11.5 Å². The van der Waals surface area contributed by atoms with E-state index in [0.717, 1.165) is 35.5 Å². The highest BCUT2D eigenvalue weighted by Crippen LogP contribution is 2.26. The predicted molar refractivity (Wildman–Crippen MR) is 104 cm³/mol. The van der Waals surface area contributed by atoms with Crippen molar-refractivity contribution in [3.8, 4) is 11.5 Å². The third-order valence-electron chi connectivity index (χ3n) is 3.94. The third-order valence-corrected chi connectivity index (χ3v) is 4.60. The summed E-state index contributed by atoms with van der Waals surface area (Å²) in [6.45, 7) is 0.399. The number of rotatable bonds is 9. The second-order valence-electron chi connectivity index (χ2n) is 6.17. The topological polar surface area (TPSA) is 103 Å². The maximum absolute atomic E-state index is 12.8. The van der Waals surface area contributed by atoms with Gasteiger partial charge in [-0.05, 0) is 67.3 Å². The Balaban J connectivity index is 1.36. The van der Waals surface area contributed by atoms with Gasteiger partial charge in [0, 0.05) is 18.3 Å². The molecule has 1 amide bonds. The van der Waals surface area contributed by atoms with Crippen molar-refractivity contribution in [2.45, 2.75) is 25.7 Å². The van der Waals surface area contributed by atoms with Crippen molar-refractivity contribution >= 4 is 28.2 Å². The Labute approximate surface area is 167 Å². The molecule has 0 unspecified atom stereocenters. The molecular formula is C19H19FN2O6S. The van der Waals surface area contributed by atoms with Crippen LogP contribution in [0.1, 0.15) is 24.8 Å². The third kappa shape index (κ3) is 6.46. The number of oxime groups is 1. The highest BCUT2D eigenvalue weighted by molar-refractivity contribution is 7.82. The molecule has 2 aromatic carbocycles. The van der Waals surface area contributed by atoms with E-state index in [0.29, 0.717) is 38.0 Å². The molecule has 0 saturated heterocycles. The summed E-state index contributed by atoms with van der Waals surface area (Å²) in [7, 11) is -4.38. The summed E-state index contributed by atoms with van der Waals surface area (Å²) in [5.41, 5.74) is 1.84. The number of anilines is 1. The Morgan fingerprint density at radius 1 is 1.10 bits per heavy atom. The first-order valence-electron chi connectivity index (χ1n) is 8.87. The zero-order valence-corrected chi connectivity index (χ0v) is 16.2. The molecule has 0 fully saturated rings. The van der Waals surface area contributed by atoms with E-state index in [1.807, 2.05) is 12.1 Å². The quantitative estimate of drug-likeness (QED) is 0.378. The van der Waals surface area contributed by atoms with E-state index in [4.69, 9.17) is 4.74 Å². The number of carbonyl (C=O) groups is 1. The first-order valence-corrected chi connectivity index (χ1v) is 10.2. The zero-order chi connectivity index (χ0) is 20.7. The van der Waals surface area contributed by atoms with Crippen molar-refractivity contribution in [2.24, 2.45) is 5.16 Å². The normalized spacial score (nSPS) is 13.6. The van der Waals surface area contributed by atoms with Gasteiger partial charge in [-0.1, -0.05) is 5.16 Å². The zero-order valence-electron chi connectivity index (χ0n) is 15.3. The molecule has 1 aliphatic rings. The Bertz CT molecular complexity index is 992. The molecule has 0 atom stereocenters. The van der Waals surface area contributed by atoms with Gasteiger partial charge in [-0.3, -0.25) is 4.79 Å². The van der Waals surface area contributed by atoms with Gasteiger partial charge < -0.3 is 14.2 Å². The molecule has 0 aliphatic carbocycles. The molecule has 0 spiro atoms. The highest BCUT2D eigenvalue weighted by Gasteiger charge is 2.15. The molecule has 154 valence electrons. The fraction of sp³-hybridized carbons (Fsp3) is 0.263. The summed E-state index contributed by atoms with van der Waals surface area (Å²) in [6, 6.07) is 9.92. The van der Waals surface area contributed by atoms with E-state index in [1.54, 1.807) is 6.07 Å². The molecule has 1 heterocycles. The minimum absolute atomic E-state index is 0.0118. The van der Waals surface area contributed by atoms with Crippen LogP contribution >= 0.6 is 0 Å². The van der Waals surface area contributed by atoms with Gasteiger partial charge in [-0.25, -0.2) is 8.67 Å². The smallest absolute Gasteiger partial charge is 0.494 e. The Kier molecular flexibility index (Phi) is 6.65. The highest BCUT2D eigenvalue weighted by atomic mass is 32.3. The van der Waals surface area contributed by atoms with Crippen LogP contribution in [0.2, 0.25) is 0 Å². The van der Waals surface area contributed by atoms with Gasteiger partial charge >= 0.3 is 10.4 Å². The van der Waals surface area contributed by atoms with Gasteiger partial charge in [0.2, 0.25) is 5.91 Å². The monoisotopic (exact) mass is 422 g/mol. The summed E-state index contributed by atoms with van der Waals surface area (Å²) in [5, 5.41) is 6.16. The van der Waals surface area contributed by atoms with E-state index in [1.165, 1.54) is 6.21 Å². The molecule has 0 saturated carbocycles. The number of hydrogen-bond acceptors (Lipinski definition) is 7. The SMILES string of the molecule is O=C1CCc2cc(OCCCC=NOS(=O)(=O)Oc3ccc(F)cc3)ccc2N1. The number of ether oxygens (including phenoxy) is 1. The van der Waals surface area contributed by atoms with Gasteiger partial charge in [0.05, 0.1) is 6.61 Å². The van der Waals surface area contributed by atoms with Crippen LogP contribution in [-0.4, -0.2) is 27.1 Å². The van der Waals surface area contributed by atoms with E-state index in [2.05, 4.69) is 18.9 Å². The van der Waals surface area contributed by atoms with Crippen LogP contribution in [0.4, 0.5) is 10.1 Å². The minimum atomic E-state index is -4.38. The number of unbranched alkanes of at least 4 members (excludes halogenated alkanes) is 1. The average Bonchev–Trinajstić information content (AvgIpc) is 2.69. The molecule has 10 heteroatoms. The van der Waals surface area contributed by atoms with Crippen molar-refractivity contribution in [3.63, 3.8) is 0 Å². The molecule has 1 N–H and O–H groups in total. The van der Waals surface area contributed by atoms with Crippen LogP contribution in [-0.2, 0) is 25.9 Å². The standard InChI is InChI=1S/C19H19FN2O6S/c20-15-4-6-16(7-5-15)27-29(24,25)28-21-11-1-2-12-26-17-8-9-18-14(13-17)3-10-19(23)22-18/h4-9,11,13H,1-3,10,12H2,(H,22,23). The number of hydrogen-bond donors (Lipinski definition) is 1. The maximum Gasteiger partial charge on any atom is 0.521 e. The molecule has 1 aliphatic heterocycles. The molecule has 29 heavy (non-hydrogen) atoms. The number of fused-ring (bicyclic) bond motifs is 1. The molecule has 0 bridgehead atoms. The van der Waals surface area contributed by atoms with Crippen molar-refractivity contribution in [1.29, 1.82) is 0 Å². The number of nitrogens with one attached hydrogen (secondary N) is 1. The number of benzene rings is 2. The molecule has 2 aromatic rings. The summed E-state index contributed by atoms with van der Waals surface area (Å²) in [4.78, 5) is 11.3. The van der Waals surface area contributed by atoms with Crippen LogP contribution in [0, 0.1) is 5.82 Å². The first kappa shape index (κ1) is 20.6. The van der Waals surface area contributed by atoms with Gasteiger partial charge in [0.1, 0.15) is 17.3 Å². The van der Waals surface area contributed by atoms with Gasteiger partial charge in [0.15, 0.2) is 0 Å². The van der Waals surface area contributed by atoms with Crippen molar-refractivity contribution in [3.05, 3.63) is 53.8 Å². The number of halogens is 1. The second-order valence-corrected chi connectivity index (χ2v) is 7.30. The number of amides is 1. The minimum Gasteiger partial charge on any atom is -0.494 e. The fourth-order valence-corrected chi connectivity index (χ4v) is 3.12. The number of carbonyl (C=O) groups excluding carboxylic acids is 1. The molecule has 8 nitrogen and oxygen atoms in total. The predicted octanol–water partition coefficient (Wildman–Crippen LogP) is 3.20. The van der Waals surface area contributed by atoms with Gasteiger partial charge in [0.25, 0.3) is 0 Å². The van der Waals surface area contributed by atoms with Crippen molar-refractivity contribution < 1.29 is 30.8 Å². The van der Waals surface area contributed by atoms with Gasteiger partial charge in [-0.15, -0.1) is 8.42 Å². The second kappa shape index (κ2) is 9.37. The number of aryl methyl sites for hydroxylation is 1. The van der Waals surface area contributed by atoms with E-state index < -0.39 is 16.2 Å². The number of nitrogens with zero attached hydrogens (tertiary/aromatic N) is 1. The Hall–Kier alpha value is -3.14. The lowest BCUT2D eigenvalue weighted by atomic mass is 10.0. The van der Waals surface area contributed by atoms with Gasteiger partial charge in [-0.2, -0.15) is 0 Å². The Morgan fingerprint density at radius 2 is 1.86 bits per heavy atom. The fourth-order valence-electron chi connectivity index (χ4n) is 2.57. The molecule has 0 radical (unpaired) electrons. The summed E-state index contributed by atoms with van der Waals surface area (Å²) >= 11 is 0. The summed E-state index contributed by atoms with van der Waals surface area (Å²) < 4.78 is 50.6. The van der Waals surface area contributed by atoms with E-state index >= 15 is 0 Å². The average molecular weight is 422 g/mol. The lowest BCUT2D eigenvalue weighted by Gasteiger charge is -2.17. The largest absolute Gasteiger partial charge is 0.521 e. The van der Waals surface area contributed by atoms with Crippen LogP contribution in [0.3, 0.4) is 0 Å². The van der Waals surface area contributed by atoms with Crippen molar-refractivity contribution in [1.82, 2.24) is 0 Å². The van der Waals surface area contributed by atoms with Crippen LogP contribution in [0.25, 0.3) is 0 Å². The van der Waals surface area contributed by atoms with Crippen LogP contribution in [0.15, 0.2) is 47.6 Å². The van der Waals surface area contributed by atoms with E-state index in [9.17, 15) is 17.6 Å². The maximum atomic E-state index is 12.8. The lowest BCUT2D eigenvalue weighted by molar-refractivity contribution is -0.116. The molecule has 0 aromatic heterocycles. The van der Waals surface area contributed by atoms with Crippen LogP contribution < -0.4 is 14.2 Å². The molecular weight excluding hydrogens is 403 g/mol. The first-order chi connectivity index (χ1) is 13.9. The summed E-state index contributed by atoms with van der Waals surface area (Å²) in [5.74, 6) is 0.110. The lowest BCUT2D eigenvalue weighted by Crippen LogP contribution is -2.18. The molecule has 3 rings (SSSR count). The Morgan fingerprint density at radius 3 is 2.66 bits per heavy atom. The van der Waals surface area contributed by atoms with Crippen molar-refractivity contribution in [2.75, 3.05) is 11.9 Å². The summed E-state index contributed by atoms with van der Waals surface area (Å²) in [6.07, 6.45) is 3.43.